The average Bonchev–Trinajstić information content (AvgIpc) is 3.15. The lowest BCUT2D eigenvalue weighted by Crippen LogP contribution is -2.44. The Hall–Kier alpha value is -0.880. The summed E-state index contributed by atoms with van der Waals surface area (Å²) in [6.45, 7) is 3.25. The third-order valence-corrected chi connectivity index (χ3v) is 7.95. The van der Waals surface area contributed by atoms with Gasteiger partial charge in [-0.25, -0.2) is 0 Å². The molecule has 2 unspecified atom stereocenters. The van der Waals surface area contributed by atoms with E-state index in [1.54, 1.807) is 0 Å². The lowest BCUT2D eigenvalue weighted by molar-refractivity contribution is 0.0701. The Morgan fingerprint density at radius 1 is 1.14 bits per heavy atom. The molecular weight excluding hydrogens is 492 g/mol. The van der Waals surface area contributed by atoms with Gasteiger partial charge in [0.2, 0.25) is 0 Å². The van der Waals surface area contributed by atoms with Crippen molar-refractivity contribution in [2.45, 2.75) is 42.8 Å². The first-order chi connectivity index (χ1) is 14.0. The Morgan fingerprint density at radius 3 is 2.66 bits per heavy atom. The van der Waals surface area contributed by atoms with E-state index in [0.29, 0.717) is 16.8 Å². The number of fused-ring (bicyclic) bond motifs is 2. The Labute approximate surface area is 191 Å². The van der Waals surface area contributed by atoms with Crippen LogP contribution in [0.4, 0.5) is 0 Å². The predicted molar refractivity (Wildman–Crippen MR) is 127 cm³/mol. The maximum atomic E-state index is 6.69. The Bertz CT molecular complexity index is 814. The van der Waals surface area contributed by atoms with Crippen LogP contribution < -0.4 is 4.74 Å². The summed E-state index contributed by atoms with van der Waals surface area (Å²) < 4.78 is 7.81. The second kappa shape index (κ2) is 9.51. The fourth-order valence-corrected chi connectivity index (χ4v) is 6.27. The first kappa shape index (κ1) is 21.4. The van der Waals surface area contributed by atoms with E-state index >= 15 is 0 Å². The van der Waals surface area contributed by atoms with Gasteiger partial charge in [0.25, 0.3) is 0 Å². The summed E-state index contributed by atoms with van der Waals surface area (Å²) in [6.07, 6.45) is 3.56. The minimum atomic E-state index is 0.246. The molecule has 29 heavy (non-hydrogen) atoms. The van der Waals surface area contributed by atoms with Crippen LogP contribution in [0.2, 0.25) is 0 Å². The first-order valence-electron chi connectivity index (χ1n) is 10.5. The van der Waals surface area contributed by atoms with Crippen LogP contribution in [0.1, 0.15) is 24.0 Å². The molecule has 5 heteroatoms. The predicted octanol–water partition coefficient (Wildman–Crippen LogP) is 5.36. The van der Waals surface area contributed by atoms with Crippen molar-refractivity contribution in [2.75, 3.05) is 27.2 Å². The van der Waals surface area contributed by atoms with E-state index in [1.807, 2.05) is 0 Å². The lowest BCUT2D eigenvalue weighted by Gasteiger charge is -2.34. The number of piperidine rings is 1. The van der Waals surface area contributed by atoms with Gasteiger partial charge in [-0.1, -0.05) is 62.2 Å². The van der Waals surface area contributed by atoms with Crippen LogP contribution in [0, 0.1) is 5.92 Å². The van der Waals surface area contributed by atoms with Crippen molar-refractivity contribution >= 4 is 31.9 Å². The molecule has 1 aliphatic heterocycles. The molecule has 3 nitrogen and oxygen atoms in total. The van der Waals surface area contributed by atoms with E-state index in [0.717, 1.165) is 49.1 Å². The fraction of sp³-hybridized carbons (Fsp3) is 0.500. The SMILES string of the molecule is CN(C)CCCc1cc(Br)ccc1OC1C[C@@H]2CN(Cc3ccccc3)[C@H]1C2Br. The van der Waals surface area contributed by atoms with Gasteiger partial charge in [0.15, 0.2) is 0 Å². The second-order valence-corrected chi connectivity index (χ2v) is 10.6. The van der Waals surface area contributed by atoms with Gasteiger partial charge in [-0.05, 0) is 75.1 Å². The lowest BCUT2D eigenvalue weighted by atomic mass is 10.1. The highest BCUT2D eigenvalue weighted by Gasteiger charge is 2.52. The van der Waals surface area contributed by atoms with E-state index < -0.39 is 0 Å². The standard InChI is InChI=1S/C24H30Br2N2O/c1-27(2)12-6-9-18-13-20(25)10-11-21(18)29-22-14-19-16-28(24(22)23(19)26)15-17-7-4-3-5-8-17/h3-5,7-8,10-11,13,19,22-24H,6,9,12,14-16H2,1-2H3/t19-,22?,23?,24-/m1/s1. The van der Waals surface area contributed by atoms with E-state index in [1.165, 1.54) is 11.1 Å². The highest BCUT2D eigenvalue weighted by molar-refractivity contribution is 9.10. The third kappa shape index (κ3) is 5.07. The normalized spacial score (nSPS) is 26.4. The zero-order chi connectivity index (χ0) is 20.4. The van der Waals surface area contributed by atoms with Gasteiger partial charge in [-0.3, -0.25) is 4.90 Å². The Kier molecular flexibility index (Phi) is 7.00. The molecule has 0 amide bonds. The van der Waals surface area contributed by atoms with E-state index in [9.17, 15) is 0 Å². The van der Waals surface area contributed by atoms with Crippen molar-refractivity contribution < 1.29 is 4.74 Å². The van der Waals surface area contributed by atoms with Crippen LogP contribution in [-0.4, -0.2) is 54.0 Å². The number of benzene rings is 2. The van der Waals surface area contributed by atoms with Crippen LogP contribution in [-0.2, 0) is 13.0 Å². The molecule has 0 N–H and O–H groups in total. The molecule has 4 atom stereocenters. The van der Waals surface area contributed by atoms with Crippen molar-refractivity contribution in [1.29, 1.82) is 0 Å². The largest absolute Gasteiger partial charge is 0.488 e. The number of aryl methyl sites for hydroxylation is 1. The number of nitrogens with zero attached hydrogens (tertiary/aromatic N) is 2. The van der Waals surface area contributed by atoms with Crippen molar-refractivity contribution in [3.05, 3.63) is 64.1 Å². The zero-order valence-electron chi connectivity index (χ0n) is 17.2. The summed E-state index contributed by atoms with van der Waals surface area (Å²) in [7, 11) is 4.26. The number of hydrogen-bond acceptors (Lipinski definition) is 3. The number of ether oxygens (including phenoxy) is 1. The number of alkyl halides is 1. The summed E-state index contributed by atoms with van der Waals surface area (Å²) in [5, 5.41) is 0. The van der Waals surface area contributed by atoms with Crippen molar-refractivity contribution in [1.82, 2.24) is 9.80 Å². The first-order valence-corrected chi connectivity index (χ1v) is 12.2. The molecule has 2 aliphatic rings. The number of likely N-dealkylation sites (tertiary alicyclic amines) is 1. The van der Waals surface area contributed by atoms with Crippen LogP contribution in [0.5, 0.6) is 5.75 Å². The minimum absolute atomic E-state index is 0.246. The highest BCUT2D eigenvalue weighted by Crippen LogP contribution is 2.45. The molecule has 2 aromatic rings. The molecule has 156 valence electrons. The smallest absolute Gasteiger partial charge is 0.123 e. The second-order valence-electron chi connectivity index (χ2n) is 8.66. The van der Waals surface area contributed by atoms with E-state index in [4.69, 9.17) is 4.74 Å². The molecule has 0 radical (unpaired) electrons. The summed E-state index contributed by atoms with van der Waals surface area (Å²) in [5.41, 5.74) is 2.69. The molecule has 0 spiro atoms. The molecule has 4 rings (SSSR count). The van der Waals surface area contributed by atoms with Gasteiger partial charge in [0, 0.05) is 22.4 Å². The van der Waals surface area contributed by atoms with Crippen molar-refractivity contribution in [3.8, 4) is 5.75 Å². The topological polar surface area (TPSA) is 15.7 Å². The fourth-order valence-electron chi connectivity index (χ4n) is 4.80. The van der Waals surface area contributed by atoms with Gasteiger partial charge in [-0.15, -0.1) is 0 Å². The molecule has 1 aliphatic carbocycles. The Morgan fingerprint density at radius 2 is 1.93 bits per heavy atom. The molecule has 1 saturated carbocycles. The molecule has 2 fully saturated rings. The molecule has 0 aromatic heterocycles. The summed E-state index contributed by atoms with van der Waals surface area (Å²) in [5.74, 6) is 1.73. The maximum absolute atomic E-state index is 6.69. The summed E-state index contributed by atoms with van der Waals surface area (Å²) >= 11 is 7.63. The average molecular weight is 522 g/mol. The quantitative estimate of drug-likeness (QED) is 0.435. The molecule has 2 aromatic carbocycles. The highest BCUT2D eigenvalue weighted by atomic mass is 79.9. The maximum Gasteiger partial charge on any atom is 0.123 e. The monoisotopic (exact) mass is 520 g/mol. The minimum Gasteiger partial charge on any atom is -0.488 e. The van der Waals surface area contributed by atoms with Gasteiger partial charge in [0.05, 0.1) is 6.04 Å². The van der Waals surface area contributed by atoms with Crippen molar-refractivity contribution in [3.63, 3.8) is 0 Å². The third-order valence-electron chi connectivity index (χ3n) is 6.16. The van der Waals surface area contributed by atoms with Gasteiger partial charge >= 0.3 is 0 Å². The van der Waals surface area contributed by atoms with Gasteiger partial charge in [0.1, 0.15) is 11.9 Å². The van der Waals surface area contributed by atoms with Crippen molar-refractivity contribution in [2.24, 2.45) is 5.92 Å². The van der Waals surface area contributed by atoms with Crippen LogP contribution in [0.25, 0.3) is 0 Å². The number of halogens is 2. The van der Waals surface area contributed by atoms with Gasteiger partial charge in [-0.2, -0.15) is 0 Å². The summed E-state index contributed by atoms with van der Waals surface area (Å²) in [4.78, 5) is 5.37. The molecule has 1 heterocycles. The van der Waals surface area contributed by atoms with Crippen LogP contribution >= 0.6 is 31.9 Å². The molecule has 2 bridgehead atoms. The van der Waals surface area contributed by atoms with E-state index in [2.05, 4.69) is 104 Å². The number of rotatable bonds is 8. The molecular formula is C24H30Br2N2O. The summed E-state index contributed by atoms with van der Waals surface area (Å²) in [6, 6.07) is 17.7. The van der Waals surface area contributed by atoms with Crippen LogP contribution in [0.15, 0.2) is 53.0 Å². The van der Waals surface area contributed by atoms with Gasteiger partial charge < -0.3 is 9.64 Å². The number of hydrogen-bond donors (Lipinski definition) is 0. The van der Waals surface area contributed by atoms with Crippen LogP contribution in [0.3, 0.4) is 0 Å². The molecule has 1 saturated heterocycles. The van der Waals surface area contributed by atoms with E-state index in [-0.39, 0.29) is 6.10 Å². The Balaban J connectivity index is 1.46. The zero-order valence-corrected chi connectivity index (χ0v) is 20.4.